The van der Waals surface area contributed by atoms with Crippen molar-refractivity contribution in [2.75, 3.05) is 19.6 Å². The van der Waals surface area contributed by atoms with Gasteiger partial charge in [-0.2, -0.15) is 0 Å². The van der Waals surface area contributed by atoms with Gasteiger partial charge in [0, 0.05) is 6.54 Å². The van der Waals surface area contributed by atoms with Crippen molar-refractivity contribution in [3.05, 3.63) is 0 Å². The molecule has 0 aromatic carbocycles. The van der Waals surface area contributed by atoms with Gasteiger partial charge in [0.25, 0.3) is 5.91 Å². The fourth-order valence-corrected chi connectivity index (χ4v) is 2.62. The van der Waals surface area contributed by atoms with Gasteiger partial charge in [-0.1, -0.05) is 6.92 Å². The number of hydrogen-bond donors (Lipinski definition) is 2. The molecular formula is C12H21N3O2. The van der Waals surface area contributed by atoms with Gasteiger partial charge >= 0.3 is 6.03 Å². The van der Waals surface area contributed by atoms with Crippen LogP contribution in [0.3, 0.4) is 0 Å². The maximum absolute atomic E-state index is 12.0. The topological polar surface area (TPSA) is 61.4 Å². The Morgan fingerprint density at radius 3 is 2.65 bits per heavy atom. The first-order valence-corrected chi connectivity index (χ1v) is 6.55. The standard InChI is InChI=1S/C12H21N3O2/c1-2-7-15-11(16)10(14-12(15)17)8-9-3-5-13-6-4-9/h9-10,13H,2-8H2,1H3,(H,14,17). The van der Waals surface area contributed by atoms with Crippen LogP contribution in [0.5, 0.6) is 0 Å². The zero-order valence-corrected chi connectivity index (χ0v) is 10.4. The molecule has 2 N–H and O–H groups in total. The molecule has 0 bridgehead atoms. The highest BCUT2D eigenvalue weighted by Crippen LogP contribution is 2.21. The molecule has 2 aliphatic heterocycles. The molecule has 5 heteroatoms. The molecule has 0 saturated carbocycles. The van der Waals surface area contributed by atoms with Crippen LogP contribution in [-0.4, -0.2) is 42.5 Å². The Morgan fingerprint density at radius 1 is 1.29 bits per heavy atom. The van der Waals surface area contributed by atoms with E-state index in [9.17, 15) is 9.59 Å². The second-order valence-corrected chi connectivity index (χ2v) is 4.92. The predicted molar refractivity (Wildman–Crippen MR) is 64.5 cm³/mol. The molecule has 3 amide bonds. The number of piperidine rings is 1. The van der Waals surface area contributed by atoms with Gasteiger partial charge in [-0.3, -0.25) is 9.69 Å². The van der Waals surface area contributed by atoms with Crippen molar-refractivity contribution in [2.24, 2.45) is 5.92 Å². The Kier molecular flexibility index (Phi) is 3.99. The minimum absolute atomic E-state index is 0.0321. The van der Waals surface area contributed by atoms with Crippen LogP contribution in [-0.2, 0) is 4.79 Å². The summed E-state index contributed by atoms with van der Waals surface area (Å²) in [5.41, 5.74) is 0. The molecular weight excluding hydrogens is 218 g/mol. The quantitative estimate of drug-likeness (QED) is 0.710. The van der Waals surface area contributed by atoms with Crippen molar-refractivity contribution in [3.63, 3.8) is 0 Å². The largest absolute Gasteiger partial charge is 0.326 e. The molecule has 0 aromatic heterocycles. The molecule has 5 nitrogen and oxygen atoms in total. The van der Waals surface area contributed by atoms with Crippen molar-refractivity contribution in [2.45, 2.75) is 38.6 Å². The van der Waals surface area contributed by atoms with E-state index >= 15 is 0 Å². The lowest BCUT2D eigenvalue weighted by Crippen LogP contribution is -2.36. The molecule has 2 saturated heterocycles. The first-order chi connectivity index (χ1) is 8.22. The maximum atomic E-state index is 12.0. The van der Waals surface area contributed by atoms with Gasteiger partial charge in [-0.05, 0) is 44.7 Å². The van der Waals surface area contributed by atoms with E-state index in [4.69, 9.17) is 0 Å². The zero-order valence-electron chi connectivity index (χ0n) is 10.4. The lowest BCUT2D eigenvalue weighted by atomic mass is 9.91. The lowest BCUT2D eigenvalue weighted by Gasteiger charge is -2.24. The summed E-state index contributed by atoms with van der Waals surface area (Å²) in [5, 5.41) is 6.11. The maximum Gasteiger partial charge on any atom is 0.324 e. The van der Waals surface area contributed by atoms with Crippen LogP contribution >= 0.6 is 0 Å². The summed E-state index contributed by atoms with van der Waals surface area (Å²) in [6.45, 7) is 4.56. The number of rotatable bonds is 4. The van der Waals surface area contributed by atoms with Crippen molar-refractivity contribution in [1.82, 2.24) is 15.5 Å². The second-order valence-electron chi connectivity index (χ2n) is 4.92. The fraction of sp³-hybridized carbons (Fsp3) is 0.833. The first kappa shape index (κ1) is 12.4. The highest BCUT2D eigenvalue weighted by atomic mass is 16.2. The minimum Gasteiger partial charge on any atom is -0.326 e. The van der Waals surface area contributed by atoms with E-state index in [-0.39, 0.29) is 18.0 Å². The Hall–Kier alpha value is -1.10. The van der Waals surface area contributed by atoms with Gasteiger partial charge in [0.1, 0.15) is 6.04 Å². The number of carbonyl (C=O) groups excluding carboxylic acids is 2. The van der Waals surface area contributed by atoms with Gasteiger partial charge in [-0.25, -0.2) is 4.79 Å². The molecule has 0 radical (unpaired) electrons. The van der Waals surface area contributed by atoms with Crippen LogP contribution in [0.2, 0.25) is 0 Å². The molecule has 0 aliphatic carbocycles. The molecule has 0 spiro atoms. The van der Waals surface area contributed by atoms with Gasteiger partial charge in [-0.15, -0.1) is 0 Å². The van der Waals surface area contributed by atoms with Gasteiger partial charge in [0.05, 0.1) is 0 Å². The summed E-state index contributed by atoms with van der Waals surface area (Å²) < 4.78 is 0. The van der Waals surface area contributed by atoms with E-state index in [1.165, 1.54) is 4.90 Å². The molecule has 2 fully saturated rings. The highest BCUT2D eigenvalue weighted by Gasteiger charge is 2.38. The lowest BCUT2D eigenvalue weighted by molar-refractivity contribution is -0.127. The molecule has 1 atom stereocenters. The number of urea groups is 1. The van der Waals surface area contributed by atoms with E-state index in [1.54, 1.807) is 0 Å². The minimum atomic E-state index is -0.280. The zero-order chi connectivity index (χ0) is 12.3. The SMILES string of the molecule is CCCN1C(=O)NC(CC2CCNCC2)C1=O. The van der Waals surface area contributed by atoms with Crippen LogP contribution < -0.4 is 10.6 Å². The van der Waals surface area contributed by atoms with Crippen molar-refractivity contribution in [3.8, 4) is 0 Å². The van der Waals surface area contributed by atoms with Crippen molar-refractivity contribution >= 4 is 11.9 Å². The Balaban J connectivity index is 1.89. The summed E-state index contributed by atoms with van der Waals surface area (Å²) in [7, 11) is 0. The third kappa shape index (κ3) is 2.77. The molecule has 2 aliphatic rings. The second kappa shape index (κ2) is 5.49. The highest BCUT2D eigenvalue weighted by molar-refractivity contribution is 6.04. The third-order valence-electron chi connectivity index (χ3n) is 3.58. The van der Waals surface area contributed by atoms with Crippen LogP contribution in [0.1, 0.15) is 32.6 Å². The van der Waals surface area contributed by atoms with E-state index in [0.717, 1.165) is 38.8 Å². The average molecular weight is 239 g/mol. The Bertz CT molecular complexity index is 300. The monoisotopic (exact) mass is 239 g/mol. The van der Waals surface area contributed by atoms with Crippen molar-refractivity contribution in [1.29, 1.82) is 0 Å². The van der Waals surface area contributed by atoms with Crippen molar-refractivity contribution < 1.29 is 9.59 Å². The summed E-state index contributed by atoms with van der Waals surface area (Å²) in [6, 6.07) is -0.493. The summed E-state index contributed by atoms with van der Waals surface area (Å²) in [4.78, 5) is 25.0. The number of nitrogens with zero attached hydrogens (tertiary/aromatic N) is 1. The molecule has 17 heavy (non-hydrogen) atoms. The van der Waals surface area contributed by atoms with Crippen LogP contribution in [0.25, 0.3) is 0 Å². The number of carbonyl (C=O) groups is 2. The van der Waals surface area contributed by atoms with E-state index in [0.29, 0.717) is 12.5 Å². The van der Waals surface area contributed by atoms with Gasteiger partial charge < -0.3 is 10.6 Å². The van der Waals surface area contributed by atoms with Crippen LogP contribution in [0.4, 0.5) is 4.79 Å². The fourth-order valence-electron chi connectivity index (χ4n) is 2.62. The average Bonchev–Trinajstić information content (AvgIpc) is 2.59. The number of amides is 3. The summed E-state index contributed by atoms with van der Waals surface area (Å²) in [5.74, 6) is 0.530. The first-order valence-electron chi connectivity index (χ1n) is 6.55. The number of imide groups is 1. The molecule has 1 unspecified atom stereocenters. The third-order valence-corrected chi connectivity index (χ3v) is 3.58. The Morgan fingerprint density at radius 2 is 2.00 bits per heavy atom. The van der Waals surface area contributed by atoms with Gasteiger partial charge in [0.2, 0.25) is 0 Å². The number of hydrogen-bond acceptors (Lipinski definition) is 3. The summed E-state index contributed by atoms with van der Waals surface area (Å²) >= 11 is 0. The van der Waals surface area contributed by atoms with Crippen LogP contribution in [0, 0.1) is 5.92 Å². The van der Waals surface area contributed by atoms with Gasteiger partial charge in [0.15, 0.2) is 0 Å². The molecule has 2 rings (SSSR count). The smallest absolute Gasteiger partial charge is 0.324 e. The van der Waals surface area contributed by atoms with E-state index in [1.807, 2.05) is 6.92 Å². The van der Waals surface area contributed by atoms with Crippen LogP contribution in [0.15, 0.2) is 0 Å². The van der Waals surface area contributed by atoms with E-state index in [2.05, 4.69) is 10.6 Å². The van der Waals surface area contributed by atoms with E-state index < -0.39 is 0 Å². The summed E-state index contributed by atoms with van der Waals surface area (Å²) in [6.07, 6.45) is 3.83. The number of nitrogens with one attached hydrogen (secondary N) is 2. The predicted octanol–water partition coefficient (Wildman–Crippen LogP) is 0.706. The molecule has 96 valence electrons. The molecule has 2 heterocycles. The Labute approximate surface area is 102 Å². The molecule has 0 aromatic rings. The normalized spacial score (nSPS) is 26.4.